The van der Waals surface area contributed by atoms with Crippen molar-refractivity contribution in [3.63, 3.8) is 0 Å². The molecular weight excluding hydrogens is 318 g/mol. The molecule has 0 saturated heterocycles. The zero-order valence-corrected chi connectivity index (χ0v) is 14.2. The maximum atomic E-state index is 12.7. The molecule has 0 unspecified atom stereocenters. The van der Waals surface area contributed by atoms with E-state index in [0.717, 1.165) is 22.2 Å². The molecule has 0 aliphatic carbocycles. The third kappa shape index (κ3) is 2.51. The molecule has 0 atom stereocenters. The second kappa shape index (κ2) is 5.74. The Morgan fingerprint density at radius 3 is 2.82 bits per heavy atom. The highest BCUT2D eigenvalue weighted by Crippen LogP contribution is 2.29. The molecule has 1 amide bonds. The Bertz CT molecular complexity index is 866. The number of hydrogen-bond donors (Lipinski definition) is 1. The van der Waals surface area contributed by atoms with Gasteiger partial charge in [-0.1, -0.05) is 11.6 Å². The van der Waals surface area contributed by atoms with Gasteiger partial charge in [-0.2, -0.15) is 0 Å². The largest absolute Gasteiger partial charge is 0.337 e. The number of halogens is 1. The topological polar surface area (TPSA) is 46.9 Å². The summed E-state index contributed by atoms with van der Waals surface area (Å²) in [6.45, 7) is 6.60. The summed E-state index contributed by atoms with van der Waals surface area (Å²) in [4.78, 5) is 17.0. The molecule has 114 valence electrons. The first-order valence-corrected chi connectivity index (χ1v) is 8.29. The number of aromatic nitrogens is 2. The zero-order chi connectivity index (χ0) is 15.9. The monoisotopic (exact) mass is 333 g/mol. The number of carbonyl (C=O) groups is 1. The predicted octanol–water partition coefficient (Wildman–Crippen LogP) is 4.64. The van der Waals surface area contributed by atoms with E-state index < -0.39 is 0 Å². The number of carbonyl (C=O) groups excluding carboxylic acids is 1. The van der Waals surface area contributed by atoms with Crippen molar-refractivity contribution in [1.29, 1.82) is 0 Å². The summed E-state index contributed by atoms with van der Waals surface area (Å²) in [6.07, 6.45) is 0. The number of benzene rings is 1. The first-order chi connectivity index (χ1) is 10.5. The van der Waals surface area contributed by atoms with Crippen LogP contribution in [0.25, 0.3) is 10.9 Å². The van der Waals surface area contributed by atoms with Gasteiger partial charge < -0.3 is 4.57 Å². The summed E-state index contributed by atoms with van der Waals surface area (Å²) in [6, 6.07) is 5.71. The molecule has 0 fully saturated rings. The van der Waals surface area contributed by atoms with Crippen molar-refractivity contribution >= 4 is 44.9 Å². The fourth-order valence-corrected chi connectivity index (χ4v) is 3.54. The summed E-state index contributed by atoms with van der Waals surface area (Å²) < 4.78 is 2.01. The molecule has 0 radical (unpaired) electrons. The first-order valence-electron chi connectivity index (χ1n) is 7.03. The zero-order valence-electron chi connectivity index (χ0n) is 12.6. The molecule has 0 aliphatic heterocycles. The van der Waals surface area contributed by atoms with E-state index in [-0.39, 0.29) is 5.91 Å². The quantitative estimate of drug-likeness (QED) is 0.759. The molecule has 22 heavy (non-hydrogen) atoms. The van der Waals surface area contributed by atoms with Gasteiger partial charge in [0.25, 0.3) is 5.91 Å². The summed E-state index contributed by atoms with van der Waals surface area (Å²) in [5.41, 5.74) is 3.52. The minimum Gasteiger partial charge on any atom is -0.337 e. The van der Waals surface area contributed by atoms with Crippen molar-refractivity contribution in [1.82, 2.24) is 9.55 Å². The molecule has 4 nitrogen and oxygen atoms in total. The van der Waals surface area contributed by atoms with Crippen LogP contribution >= 0.6 is 22.9 Å². The van der Waals surface area contributed by atoms with Crippen molar-refractivity contribution in [2.24, 2.45) is 0 Å². The van der Waals surface area contributed by atoms with Gasteiger partial charge in [0.2, 0.25) is 0 Å². The van der Waals surface area contributed by atoms with Gasteiger partial charge in [0.15, 0.2) is 5.13 Å². The number of fused-ring (bicyclic) bond motifs is 1. The van der Waals surface area contributed by atoms with E-state index in [1.807, 2.05) is 48.9 Å². The molecule has 2 aromatic heterocycles. The smallest absolute Gasteiger partial charge is 0.274 e. The summed E-state index contributed by atoms with van der Waals surface area (Å²) in [7, 11) is 0. The van der Waals surface area contributed by atoms with Crippen LogP contribution in [0.5, 0.6) is 0 Å². The Kier molecular flexibility index (Phi) is 3.93. The van der Waals surface area contributed by atoms with Gasteiger partial charge in [0, 0.05) is 27.9 Å². The van der Waals surface area contributed by atoms with E-state index in [1.165, 1.54) is 11.3 Å². The van der Waals surface area contributed by atoms with Crippen LogP contribution < -0.4 is 5.32 Å². The second-order valence-electron chi connectivity index (χ2n) is 5.13. The first kappa shape index (κ1) is 15.1. The molecule has 0 bridgehead atoms. The van der Waals surface area contributed by atoms with Gasteiger partial charge in [-0.05, 0) is 44.5 Å². The van der Waals surface area contributed by atoms with Crippen molar-refractivity contribution in [3.05, 3.63) is 45.6 Å². The fourth-order valence-electron chi connectivity index (χ4n) is 2.68. The summed E-state index contributed by atoms with van der Waals surface area (Å²) in [5.74, 6) is -0.138. The van der Waals surface area contributed by atoms with Crippen LogP contribution in [-0.4, -0.2) is 15.5 Å². The van der Waals surface area contributed by atoms with Gasteiger partial charge in [-0.15, -0.1) is 11.3 Å². The average Bonchev–Trinajstić information content (AvgIpc) is 3.00. The number of aryl methyl sites for hydroxylation is 3. The molecule has 2 heterocycles. The lowest BCUT2D eigenvalue weighted by molar-refractivity contribution is 0.101. The van der Waals surface area contributed by atoms with Crippen LogP contribution in [0.4, 0.5) is 5.13 Å². The average molecular weight is 334 g/mol. The Hall–Kier alpha value is -1.85. The minimum absolute atomic E-state index is 0.138. The van der Waals surface area contributed by atoms with Crippen LogP contribution in [0.2, 0.25) is 5.02 Å². The van der Waals surface area contributed by atoms with Crippen LogP contribution in [0.1, 0.15) is 28.7 Å². The maximum absolute atomic E-state index is 12.7. The lowest BCUT2D eigenvalue weighted by Crippen LogP contribution is -2.17. The Balaban J connectivity index is 2.09. The Morgan fingerprint density at radius 2 is 2.18 bits per heavy atom. The van der Waals surface area contributed by atoms with E-state index in [0.29, 0.717) is 22.4 Å². The third-order valence-corrected chi connectivity index (χ3v) is 4.76. The molecular formula is C16H16ClN3OS. The van der Waals surface area contributed by atoms with Gasteiger partial charge >= 0.3 is 0 Å². The van der Waals surface area contributed by atoms with Gasteiger partial charge in [-0.25, -0.2) is 4.98 Å². The van der Waals surface area contributed by atoms with E-state index in [9.17, 15) is 4.79 Å². The van der Waals surface area contributed by atoms with Crippen LogP contribution in [0, 0.1) is 13.8 Å². The second-order valence-corrected chi connectivity index (χ2v) is 6.42. The number of amides is 1. The lowest BCUT2D eigenvalue weighted by atomic mass is 10.1. The standard InChI is InChI=1S/C16H16ClN3OS/c1-4-20-13-6-5-11(17)7-12(13)10(3)14(20)15(21)19-16-18-9(2)8-22-16/h5-8H,4H2,1-3H3,(H,18,19,21). The van der Waals surface area contributed by atoms with Crippen molar-refractivity contribution in [2.45, 2.75) is 27.3 Å². The highest BCUT2D eigenvalue weighted by atomic mass is 35.5. The Labute approximate surface area is 137 Å². The highest BCUT2D eigenvalue weighted by molar-refractivity contribution is 7.13. The number of thiazole rings is 1. The molecule has 6 heteroatoms. The van der Waals surface area contributed by atoms with Crippen LogP contribution in [0.3, 0.4) is 0 Å². The number of anilines is 1. The molecule has 0 spiro atoms. The summed E-state index contributed by atoms with van der Waals surface area (Å²) >= 11 is 7.52. The van der Waals surface area contributed by atoms with E-state index >= 15 is 0 Å². The molecule has 1 N–H and O–H groups in total. The van der Waals surface area contributed by atoms with E-state index in [1.54, 1.807) is 0 Å². The van der Waals surface area contributed by atoms with Gasteiger partial charge in [0.1, 0.15) is 5.69 Å². The highest BCUT2D eigenvalue weighted by Gasteiger charge is 2.20. The van der Waals surface area contributed by atoms with Crippen molar-refractivity contribution in [2.75, 3.05) is 5.32 Å². The molecule has 0 aliphatic rings. The normalized spacial score (nSPS) is 11.1. The summed E-state index contributed by atoms with van der Waals surface area (Å²) in [5, 5.41) is 7.10. The van der Waals surface area contributed by atoms with Crippen LogP contribution in [-0.2, 0) is 6.54 Å². The van der Waals surface area contributed by atoms with Gasteiger partial charge in [0.05, 0.1) is 5.69 Å². The number of hydrogen-bond acceptors (Lipinski definition) is 3. The Morgan fingerprint density at radius 1 is 1.41 bits per heavy atom. The molecule has 0 saturated carbocycles. The molecule has 3 rings (SSSR count). The predicted molar refractivity (Wildman–Crippen MR) is 92.2 cm³/mol. The molecule has 1 aromatic carbocycles. The molecule has 3 aromatic rings. The van der Waals surface area contributed by atoms with Crippen molar-refractivity contribution < 1.29 is 4.79 Å². The van der Waals surface area contributed by atoms with Gasteiger partial charge in [-0.3, -0.25) is 10.1 Å². The maximum Gasteiger partial charge on any atom is 0.274 e. The van der Waals surface area contributed by atoms with Crippen molar-refractivity contribution in [3.8, 4) is 0 Å². The third-order valence-electron chi connectivity index (χ3n) is 3.65. The lowest BCUT2D eigenvalue weighted by Gasteiger charge is -2.08. The fraction of sp³-hybridized carbons (Fsp3) is 0.250. The SMILES string of the molecule is CCn1c(C(=O)Nc2nc(C)cs2)c(C)c2cc(Cl)ccc21. The van der Waals surface area contributed by atoms with Crippen LogP contribution in [0.15, 0.2) is 23.6 Å². The number of nitrogens with zero attached hydrogens (tertiary/aromatic N) is 2. The minimum atomic E-state index is -0.138. The van der Waals surface area contributed by atoms with E-state index in [4.69, 9.17) is 11.6 Å². The number of rotatable bonds is 3. The number of nitrogens with one attached hydrogen (secondary N) is 1. The van der Waals surface area contributed by atoms with E-state index in [2.05, 4.69) is 10.3 Å².